The number of amides is 1. The SMILES string of the molecule is CC1(C)C2CC(NC(=O)C(F)(F)SOOO)C(C)(O)C1C2. The van der Waals surface area contributed by atoms with E-state index in [0.717, 1.165) is 6.42 Å². The van der Waals surface area contributed by atoms with E-state index < -0.39 is 34.8 Å². The zero-order chi connectivity index (χ0) is 16.1. The predicted octanol–water partition coefficient (Wildman–Crippen LogP) is 1.95. The molecule has 9 heteroatoms. The van der Waals surface area contributed by atoms with Gasteiger partial charge in [-0.3, -0.25) is 4.79 Å². The standard InChI is InChI=1S/C12H19F2NO5S/c1-10(2)6-4-7(10)11(3,17)8(5-6)15-9(16)12(13,14)21-20-19-18/h6-8,17-18H,4-5H2,1-3H3,(H,15,16). The first kappa shape index (κ1) is 16.9. The van der Waals surface area contributed by atoms with Crippen molar-refractivity contribution in [1.82, 2.24) is 5.32 Å². The fraction of sp³-hybridized carbons (Fsp3) is 0.917. The number of hydrogen-bond donors (Lipinski definition) is 3. The fourth-order valence-electron chi connectivity index (χ4n) is 3.72. The van der Waals surface area contributed by atoms with Gasteiger partial charge < -0.3 is 10.4 Å². The van der Waals surface area contributed by atoms with Crippen LogP contribution in [0, 0.1) is 17.3 Å². The van der Waals surface area contributed by atoms with Gasteiger partial charge in [-0.05, 0) is 37.0 Å². The van der Waals surface area contributed by atoms with E-state index in [0.29, 0.717) is 6.42 Å². The van der Waals surface area contributed by atoms with Crippen LogP contribution in [0.25, 0.3) is 0 Å². The Bertz CT molecular complexity index is 432. The predicted molar refractivity (Wildman–Crippen MR) is 69.9 cm³/mol. The van der Waals surface area contributed by atoms with Crippen molar-refractivity contribution in [2.24, 2.45) is 17.3 Å². The molecule has 6 nitrogen and oxygen atoms in total. The highest BCUT2D eigenvalue weighted by Crippen LogP contribution is 2.62. The van der Waals surface area contributed by atoms with Gasteiger partial charge >= 0.3 is 11.2 Å². The molecule has 3 rings (SSSR count). The lowest BCUT2D eigenvalue weighted by Gasteiger charge is -2.65. The number of hydrogen-bond acceptors (Lipinski definition) is 6. The fourth-order valence-corrected chi connectivity index (χ4v) is 3.97. The number of aliphatic hydroxyl groups is 1. The van der Waals surface area contributed by atoms with E-state index in [-0.39, 0.29) is 17.3 Å². The van der Waals surface area contributed by atoms with E-state index in [9.17, 15) is 18.7 Å². The van der Waals surface area contributed by atoms with Crippen LogP contribution in [0.2, 0.25) is 0 Å². The molecule has 3 fully saturated rings. The van der Waals surface area contributed by atoms with E-state index in [2.05, 4.69) is 14.7 Å². The van der Waals surface area contributed by atoms with Gasteiger partial charge in [0.05, 0.1) is 11.6 Å². The Kier molecular flexibility index (Phi) is 4.27. The number of carbonyl (C=O) groups is 1. The van der Waals surface area contributed by atoms with Crippen LogP contribution in [-0.2, 0) is 14.2 Å². The van der Waals surface area contributed by atoms with Gasteiger partial charge in [-0.15, -0.1) is 4.33 Å². The van der Waals surface area contributed by atoms with Crippen LogP contribution in [0.15, 0.2) is 0 Å². The highest BCUT2D eigenvalue weighted by molar-refractivity contribution is 7.96. The molecule has 1 amide bonds. The molecule has 0 heterocycles. The first-order valence-corrected chi connectivity index (χ1v) is 7.34. The van der Waals surface area contributed by atoms with Crippen molar-refractivity contribution < 1.29 is 33.3 Å². The molecule has 3 N–H and O–H groups in total. The number of nitrogens with one attached hydrogen (secondary N) is 1. The monoisotopic (exact) mass is 327 g/mol. The summed E-state index contributed by atoms with van der Waals surface area (Å²) in [5, 5.41) is 19.8. The van der Waals surface area contributed by atoms with Gasteiger partial charge in [-0.25, -0.2) is 5.26 Å². The molecule has 0 saturated heterocycles. The molecular formula is C12H19F2NO5S. The van der Waals surface area contributed by atoms with Gasteiger partial charge in [0.15, 0.2) is 0 Å². The Morgan fingerprint density at radius 2 is 2.00 bits per heavy atom. The van der Waals surface area contributed by atoms with Gasteiger partial charge in [-0.2, -0.15) is 8.78 Å². The normalized spacial score (nSPS) is 37.8. The summed E-state index contributed by atoms with van der Waals surface area (Å²) in [4.78, 5) is 11.6. The molecule has 122 valence electrons. The third-order valence-corrected chi connectivity index (χ3v) is 5.66. The Morgan fingerprint density at radius 3 is 2.48 bits per heavy atom. The van der Waals surface area contributed by atoms with Crippen LogP contribution in [0.5, 0.6) is 0 Å². The van der Waals surface area contributed by atoms with Crippen molar-refractivity contribution >= 4 is 17.9 Å². The lowest BCUT2D eigenvalue weighted by molar-refractivity contribution is -0.433. The molecule has 0 aromatic rings. The molecular weight excluding hydrogens is 308 g/mol. The maximum Gasteiger partial charge on any atom is 0.397 e. The average molecular weight is 327 g/mol. The minimum Gasteiger partial charge on any atom is -0.388 e. The van der Waals surface area contributed by atoms with E-state index in [4.69, 9.17) is 5.26 Å². The molecule has 4 unspecified atom stereocenters. The third kappa shape index (κ3) is 2.77. The summed E-state index contributed by atoms with van der Waals surface area (Å²) in [7, 11) is 0. The smallest absolute Gasteiger partial charge is 0.388 e. The Balaban J connectivity index is 2.03. The summed E-state index contributed by atoms with van der Waals surface area (Å²) in [6.45, 7) is 5.64. The van der Waals surface area contributed by atoms with Crippen molar-refractivity contribution in [3.63, 3.8) is 0 Å². The molecule has 21 heavy (non-hydrogen) atoms. The van der Waals surface area contributed by atoms with Gasteiger partial charge in [0.2, 0.25) is 0 Å². The van der Waals surface area contributed by atoms with Crippen molar-refractivity contribution in [3.8, 4) is 0 Å². The zero-order valence-corrected chi connectivity index (χ0v) is 12.7. The van der Waals surface area contributed by atoms with Gasteiger partial charge in [0.1, 0.15) is 12.0 Å². The average Bonchev–Trinajstić information content (AvgIpc) is 2.37. The summed E-state index contributed by atoms with van der Waals surface area (Å²) in [5.74, 6) is -1.35. The van der Waals surface area contributed by atoms with E-state index in [1.807, 2.05) is 13.8 Å². The molecule has 2 bridgehead atoms. The number of halogens is 2. The van der Waals surface area contributed by atoms with E-state index in [1.165, 1.54) is 0 Å². The topological polar surface area (TPSA) is 88.0 Å². The highest BCUT2D eigenvalue weighted by atomic mass is 32.2. The van der Waals surface area contributed by atoms with Crippen molar-refractivity contribution in [2.45, 2.75) is 50.5 Å². The van der Waals surface area contributed by atoms with Crippen LogP contribution < -0.4 is 5.32 Å². The van der Waals surface area contributed by atoms with Gasteiger partial charge in [0.25, 0.3) is 0 Å². The molecule has 3 aliphatic carbocycles. The summed E-state index contributed by atoms with van der Waals surface area (Å²) in [6, 6.07) is -0.747. The molecule has 0 spiro atoms. The maximum absolute atomic E-state index is 13.4. The number of fused-ring (bicyclic) bond motifs is 2. The number of rotatable bonds is 5. The lowest BCUT2D eigenvalue weighted by atomic mass is 9.43. The maximum atomic E-state index is 13.4. The first-order chi connectivity index (χ1) is 9.53. The molecule has 4 atom stereocenters. The van der Waals surface area contributed by atoms with E-state index >= 15 is 0 Å². The Labute approximate surface area is 125 Å². The van der Waals surface area contributed by atoms with Crippen LogP contribution in [-0.4, -0.2) is 33.2 Å². The molecule has 0 aromatic heterocycles. The van der Waals surface area contributed by atoms with E-state index in [1.54, 1.807) is 6.92 Å². The largest absolute Gasteiger partial charge is 0.397 e. The van der Waals surface area contributed by atoms with Gasteiger partial charge in [0, 0.05) is 0 Å². The summed E-state index contributed by atoms with van der Waals surface area (Å²) < 4.78 is 30.5. The molecule has 0 radical (unpaired) electrons. The molecule has 3 aliphatic rings. The summed E-state index contributed by atoms with van der Waals surface area (Å²) in [6.07, 6.45) is 1.28. The Morgan fingerprint density at radius 1 is 1.38 bits per heavy atom. The first-order valence-electron chi connectivity index (χ1n) is 6.60. The summed E-state index contributed by atoms with van der Waals surface area (Å²) in [5.41, 5.74) is -1.31. The van der Waals surface area contributed by atoms with Crippen LogP contribution in [0.3, 0.4) is 0 Å². The molecule has 3 saturated carbocycles. The molecule has 0 aromatic carbocycles. The van der Waals surface area contributed by atoms with Crippen LogP contribution in [0.4, 0.5) is 8.78 Å². The second-order valence-electron chi connectivity index (χ2n) is 6.54. The third-order valence-electron chi connectivity index (χ3n) is 5.14. The second-order valence-corrected chi connectivity index (χ2v) is 7.35. The number of carbonyl (C=O) groups excluding carboxylic acids is 1. The Hall–Kier alpha value is -0.480. The number of alkyl halides is 2. The highest BCUT2D eigenvalue weighted by Gasteiger charge is 2.63. The van der Waals surface area contributed by atoms with Crippen LogP contribution in [0.1, 0.15) is 33.6 Å². The lowest BCUT2D eigenvalue weighted by Crippen LogP contribution is -2.70. The van der Waals surface area contributed by atoms with Crippen molar-refractivity contribution in [2.75, 3.05) is 0 Å². The van der Waals surface area contributed by atoms with Crippen molar-refractivity contribution in [1.29, 1.82) is 0 Å². The van der Waals surface area contributed by atoms with Crippen molar-refractivity contribution in [3.05, 3.63) is 0 Å². The minimum atomic E-state index is -3.93. The molecule has 0 aliphatic heterocycles. The minimum absolute atomic E-state index is 0.0487. The van der Waals surface area contributed by atoms with Crippen LogP contribution >= 0.6 is 12.0 Å². The second kappa shape index (κ2) is 5.31. The van der Waals surface area contributed by atoms with Gasteiger partial charge in [-0.1, -0.05) is 18.9 Å². The summed E-state index contributed by atoms with van der Waals surface area (Å²) >= 11 is -0.612. The quantitative estimate of drug-likeness (QED) is 0.406. The zero-order valence-electron chi connectivity index (χ0n) is 11.9.